The summed E-state index contributed by atoms with van der Waals surface area (Å²) in [6.45, 7) is 8.05. The molecule has 2 aliphatic rings. The number of piperazine rings is 1. The lowest BCUT2D eigenvalue weighted by Gasteiger charge is -2.35. The number of carboxylic acids is 1. The summed E-state index contributed by atoms with van der Waals surface area (Å²) in [5, 5.41) is 12.1. The molecule has 1 saturated heterocycles. The zero-order chi connectivity index (χ0) is 19.1. The number of nitrogens with zero attached hydrogens (tertiary/aromatic N) is 2. The normalized spacial score (nSPS) is 24.1. The maximum absolute atomic E-state index is 12.5. The summed E-state index contributed by atoms with van der Waals surface area (Å²) in [5.74, 6) is -2.23. The summed E-state index contributed by atoms with van der Waals surface area (Å²) < 4.78 is 0. The predicted molar refractivity (Wildman–Crippen MR) is 97.9 cm³/mol. The number of carbonyl (C=O) groups excluding carboxylic acids is 2. The van der Waals surface area contributed by atoms with Gasteiger partial charge >= 0.3 is 5.97 Å². The number of amides is 2. The van der Waals surface area contributed by atoms with Crippen molar-refractivity contribution in [1.82, 2.24) is 4.90 Å². The van der Waals surface area contributed by atoms with Gasteiger partial charge in [-0.2, -0.15) is 0 Å². The third-order valence-electron chi connectivity index (χ3n) is 5.58. The molecule has 1 aromatic carbocycles. The van der Waals surface area contributed by atoms with E-state index in [2.05, 4.69) is 10.2 Å². The fourth-order valence-corrected chi connectivity index (χ4v) is 3.87. The van der Waals surface area contributed by atoms with Gasteiger partial charge in [0.1, 0.15) is 0 Å². The van der Waals surface area contributed by atoms with Crippen LogP contribution >= 0.6 is 0 Å². The molecule has 2 amide bonds. The molecule has 0 aromatic heterocycles. The molecule has 1 saturated carbocycles. The van der Waals surface area contributed by atoms with Gasteiger partial charge in [0.15, 0.2) is 0 Å². The first-order valence-corrected chi connectivity index (χ1v) is 8.86. The Morgan fingerprint density at radius 1 is 1.12 bits per heavy atom. The van der Waals surface area contributed by atoms with Gasteiger partial charge in [0, 0.05) is 44.5 Å². The van der Waals surface area contributed by atoms with Gasteiger partial charge < -0.3 is 20.2 Å². The van der Waals surface area contributed by atoms with Gasteiger partial charge in [-0.15, -0.1) is 0 Å². The summed E-state index contributed by atoms with van der Waals surface area (Å²) in [6.07, 6.45) is 0. The summed E-state index contributed by atoms with van der Waals surface area (Å²) in [5.41, 5.74) is 1.13. The third-order valence-corrected chi connectivity index (χ3v) is 5.58. The molecule has 7 heteroatoms. The fourth-order valence-electron chi connectivity index (χ4n) is 3.87. The van der Waals surface area contributed by atoms with Gasteiger partial charge in [-0.3, -0.25) is 14.4 Å². The average molecular weight is 359 g/mol. The van der Waals surface area contributed by atoms with E-state index in [9.17, 15) is 19.5 Å². The van der Waals surface area contributed by atoms with Crippen LogP contribution in [-0.4, -0.2) is 54.0 Å². The summed E-state index contributed by atoms with van der Waals surface area (Å²) >= 11 is 0. The standard InChI is InChI=1S/C19H25N3O4/c1-12(23)21-7-9-22(10-8-21)14-6-4-5-13(11-14)20-17(24)15-16(18(25)26)19(15,2)3/h4-6,11,15-16H,7-10H2,1-3H3,(H,20,24)(H,25,26)/t15-,16+/m0/s1. The molecule has 26 heavy (non-hydrogen) atoms. The van der Waals surface area contributed by atoms with Gasteiger partial charge in [0.2, 0.25) is 11.8 Å². The summed E-state index contributed by atoms with van der Waals surface area (Å²) in [7, 11) is 0. The summed E-state index contributed by atoms with van der Waals surface area (Å²) in [6, 6.07) is 7.54. The van der Waals surface area contributed by atoms with E-state index in [4.69, 9.17) is 0 Å². The van der Waals surface area contributed by atoms with Gasteiger partial charge in [-0.1, -0.05) is 19.9 Å². The Bertz CT molecular complexity index is 738. The third kappa shape index (κ3) is 3.38. The molecule has 2 fully saturated rings. The summed E-state index contributed by atoms with van der Waals surface area (Å²) in [4.78, 5) is 39.2. The second-order valence-electron chi connectivity index (χ2n) is 7.65. The molecule has 1 aliphatic heterocycles. The minimum atomic E-state index is -0.924. The van der Waals surface area contributed by atoms with Crippen molar-refractivity contribution in [1.29, 1.82) is 0 Å². The van der Waals surface area contributed by atoms with Gasteiger partial charge in [0.25, 0.3) is 0 Å². The molecular weight excluding hydrogens is 334 g/mol. The lowest BCUT2D eigenvalue weighted by Crippen LogP contribution is -2.48. The highest BCUT2D eigenvalue weighted by Gasteiger charge is 2.65. The van der Waals surface area contributed by atoms with Crippen molar-refractivity contribution in [3.05, 3.63) is 24.3 Å². The zero-order valence-corrected chi connectivity index (χ0v) is 15.4. The molecule has 0 unspecified atom stereocenters. The number of carboxylic acid groups (broad SMARTS) is 1. The zero-order valence-electron chi connectivity index (χ0n) is 15.4. The number of rotatable bonds is 4. The lowest BCUT2D eigenvalue weighted by molar-refractivity contribution is -0.140. The van der Waals surface area contributed by atoms with E-state index < -0.39 is 23.2 Å². The Kier molecular flexibility index (Phi) is 4.64. The molecular formula is C19H25N3O4. The van der Waals surface area contributed by atoms with E-state index >= 15 is 0 Å². The molecule has 2 atom stereocenters. The van der Waals surface area contributed by atoms with Crippen molar-refractivity contribution >= 4 is 29.2 Å². The fraction of sp³-hybridized carbons (Fsp3) is 0.526. The quantitative estimate of drug-likeness (QED) is 0.853. The maximum Gasteiger partial charge on any atom is 0.307 e. The SMILES string of the molecule is CC(=O)N1CCN(c2cccc(NC(=O)[C@@H]3[C@H](C(=O)O)C3(C)C)c2)CC1. The van der Waals surface area contributed by atoms with Crippen LogP contribution in [0, 0.1) is 17.3 Å². The molecule has 0 radical (unpaired) electrons. The first-order chi connectivity index (χ1) is 12.2. The van der Waals surface area contributed by atoms with E-state index in [1.54, 1.807) is 26.8 Å². The highest BCUT2D eigenvalue weighted by atomic mass is 16.4. The van der Waals surface area contributed by atoms with Crippen LogP contribution in [0.4, 0.5) is 11.4 Å². The Hall–Kier alpha value is -2.57. The number of aliphatic carboxylic acids is 1. The topological polar surface area (TPSA) is 90.0 Å². The molecule has 1 aromatic rings. The molecule has 140 valence electrons. The van der Waals surface area contributed by atoms with Crippen LogP contribution in [0.3, 0.4) is 0 Å². The Morgan fingerprint density at radius 2 is 1.77 bits per heavy atom. The van der Waals surface area contributed by atoms with Gasteiger partial charge in [-0.25, -0.2) is 0 Å². The van der Waals surface area contributed by atoms with Crippen molar-refractivity contribution in [2.75, 3.05) is 36.4 Å². The van der Waals surface area contributed by atoms with E-state index in [1.165, 1.54) is 0 Å². The van der Waals surface area contributed by atoms with E-state index in [0.717, 1.165) is 18.8 Å². The smallest absolute Gasteiger partial charge is 0.307 e. The van der Waals surface area contributed by atoms with Crippen LogP contribution in [0.25, 0.3) is 0 Å². The Morgan fingerprint density at radius 3 is 2.31 bits per heavy atom. The van der Waals surface area contributed by atoms with Gasteiger partial charge in [-0.05, 0) is 23.6 Å². The number of nitrogens with one attached hydrogen (secondary N) is 1. The second-order valence-corrected chi connectivity index (χ2v) is 7.65. The molecule has 3 rings (SSSR count). The van der Waals surface area contributed by atoms with Crippen molar-refractivity contribution < 1.29 is 19.5 Å². The molecule has 2 N–H and O–H groups in total. The molecule has 1 heterocycles. The van der Waals surface area contributed by atoms with E-state index in [-0.39, 0.29) is 11.8 Å². The molecule has 1 aliphatic carbocycles. The largest absolute Gasteiger partial charge is 0.481 e. The van der Waals surface area contributed by atoms with Crippen LogP contribution in [-0.2, 0) is 14.4 Å². The monoisotopic (exact) mass is 359 g/mol. The van der Waals surface area contributed by atoms with Gasteiger partial charge in [0.05, 0.1) is 11.8 Å². The molecule has 0 spiro atoms. The number of anilines is 2. The average Bonchev–Trinajstić information content (AvgIpc) is 3.18. The number of carbonyl (C=O) groups is 3. The van der Waals surface area contributed by atoms with Crippen molar-refractivity contribution in [2.24, 2.45) is 17.3 Å². The predicted octanol–water partition coefficient (Wildman–Crippen LogP) is 1.65. The van der Waals surface area contributed by atoms with Crippen molar-refractivity contribution in [2.45, 2.75) is 20.8 Å². The maximum atomic E-state index is 12.5. The number of benzene rings is 1. The van der Waals surface area contributed by atoms with Crippen LogP contribution < -0.4 is 10.2 Å². The minimum Gasteiger partial charge on any atom is -0.481 e. The van der Waals surface area contributed by atoms with Crippen molar-refractivity contribution in [3.8, 4) is 0 Å². The van der Waals surface area contributed by atoms with Crippen LogP contribution in [0.1, 0.15) is 20.8 Å². The van der Waals surface area contributed by atoms with Crippen LogP contribution in [0.15, 0.2) is 24.3 Å². The number of hydrogen-bond donors (Lipinski definition) is 2. The van der Waals surface area contributed by atoms with Crippen molar-refractivity contribution in [3.63, 3.8) is 0 Å². The Labute approximate surface area is 153 Å². The van der Waals surface area contributed by atoms with E-state index in [0.29, 0.717) is 18.8 Å². The Balaban J connectivity index is 1.64. The molecule has 7 nitrogen and oxygen atoms in total. The second kappa shape index (κ2) is 6.63. The minimum absolute atomic E-state index is 0.0886. The highest BCUT2D eigenvalue weighted by Crippen LogP contribution is 2.58. The molecule has 0 bridgehead atoms. The first kappa shape index (κ1) is 18.2. The highest BCUT2D eigenvalue weighted by molar-refractivity contribution is 6.00. The van der Waals surface area contributed by atoms with E-state index in [1.807, 2.05) is 23.1 Å². The number of hydrogen-bond acceptors (Lipinski definition) is 4. The lowest BCUT2D eigenvalue weighted by atomic mass is 10.1. The van der Waals surface area contributed by atoms with Crippen LogP contribution in [0.5, 0.6) is 0 Å². The van der Waals surface area contributed by atoms with Crippen LogP contribution in [0.2, 0.25) is 0 Å². The first-order valence-electron chi connectivity index (χ1n) is 8.86.